The highest BCUT2D eigenvalue weighted by Gasteiger charge is 2.45. The second-order valence-electron chi connectivity index (χ2n) is 8.67. The Morgan fingerprint density at radius 2 is 1.73 bits per heavy atom. The summed E-state index contributed by atoms with van der Waals surface area (Å²) in [6, 6.07) is 16.6. The summed E-state index contributed by atoms with van der Waals surface area (Å²) in [4.78, 5) is 3.42. The molecule has 176 valence electrons. The van der Waals surface area contributed by atoms with Crippen molar-refractivity contribution in [2.24, 2.45) is 0 Å². The third-order valence-electron chi connectivity index (χ3n) is 6.50. The van der Waals surface area contributed by atoms with Crippen molar-refractivity contribution in [3.05, 3.63) is 64.5 Å². The molecule has 3 heterocycles. The Kier molecular flexibility index (Phi) is 6.67. The molecule has 8 heteroatoms. The Hall–Kier alpha value is -2.04. The number of hydrogen-bond acceptors (Lipinski definition) is 8. The Morgan fingerprint density at radius 1 is 0.939 bits per heavy atom. The first-order chi connectivity index (χ1) is 16.0. The van der Waals surface area contributed by atoms with Gasteiger partial charge in [-0.15, -0.1) is 11.3 Å². The molecule has 0 amide bonds. The molecule has 2 aromatic carbocycles. The number of thiophene rings is 1. The van der Waals surface area contributed by atoms with Gasteiger partial charge < -0.3 is 34.8 Å². The quantitative estimate of drug-likeness (QED) is 0.450. The van der Waals surface area contributed by atoms with E-state index in [-0.39, 0.29) is 0 Å². The van der Waals surface area contributed by atoms with Crippen LogP contribution in [0.15, 0.2) is 48.5 Å². The molecule has 2 fully saturated rings. The van der Waals surface area contributed by atoms with Crippen LogP contribution in [0.3, 0.4) is 0 Å². The molecule has 4 N–H and O–H groups in total. The molecule has 2 saturated heterocycles. The van der Waals surface area contributed by atoms with Crippen LogP contribution in [0.25, 0.3) is 10.1 Å². The molecule has 2 unspecified atom stereocenters. The standard InChI is InChI=1S/C25H29NO6S/c27-14-20-22(28)23(29)24(30)25(32-20)18-12-15(5-6-19(18)26-7-9-31-10-8-26)11-17-13-16-3-1-2-4-21(16)33-17/h1-6,12-13,20,22-25,27-30H,7-11,14H2/t20?,22-,23-,24?,25-/m0/s1. The SMILES string of the molecule is OCC1O[C@@H](c2cc(Cc3cc4ccccc4s3)ccc2N2CCOCC2)C(O)[C@@H](O)[C@H]1O. The number of ether oxygens (including phenoxy) is 2. The van der Waals surface area contributed by atoms with Gasteiger partial charge in [0.15, 0.2) is 0 Å². The fraction of sp³-hybridized carbons (Fsp3) is 0.440. The van der Waals surface area contributed by atoms with Gasteiger partial charge in [-0.2, -0.15) is 0 Å². The van der Waals surface area contributed by atoms with Gasteiger partial charge in [-0.25, -0.2) is 0 Å². The van der Waals surface area contributed by atoms with Gasteiger partial charge in [0.25, 0.3) is 0 Å². The molecular formula is C25H29NO6S. The lowest BCUT2D eigenvalue weighted by Gasteiger charge is -2.42. The summed E-state index contributed by atoms with van der Waals surface area (Å²) >= 11 is 1.76. The maximum Gasteiger partial charge on any atom is 0.114 e. The van der Waals surface area contributed by atoms with Crippen LogP contribution in [0, 0.1) is 0 Å². The van der Waals surface area contributed by atoms with Crippen molar-refractivity contribution in [1.82, 2.24) is 0 Å². The third kappa shape index (κ3) is 4.52. The molecule has 7 nitrogen and oxygen atoms in total. The summed E-state index contributed by atoms with van der Waals surface area (Å²) in [5.74, 6) is 0. The van der Waals surface area contributed by atoms with E-state index in [2.05, 4.69) is 29.2 Å². The van der Waals surface area contributed by atoms with Crippen molar-refractivity contribution < 1.29 is 29.9 Å². The van der Waals surface area contributed by atoms with Crippen LogP contribution in [0.1, 0.15) is 22.1 Å². The van der Waals surface area contributed by atoms with Crippen LogP contribution in [0.4, 0.5) is 5.69 Å². The number of hydrogen-bond donors (Lipinski definition) is 4. The number of nitrogens with zero attached hydrogens (tertiary/aromatic N) is 1. The molecule has 5 atom stereocenters. The zero-order valence-corrected chi connectivity index (χ0v) is 19.0. The first-order valence-electron chi connectivity index (χ1n) is 11.3. The average molecular weight is 472 g/mol. The zero-order chi connectivity index (χ0) is 22.9. The summed E-state index contributed by atoms with van der Waals surface area (Å²) in [7, 11) is 0. The van der Waals surface area contributed by atoms with E-state index < -0.39 is 37.1 Å². The highest BCUT2D eigenvalue weighted by atomic mass is 32.1. The summed E-state index contributed by atoms with van der Waals surface area (Å²) in [6.45, 7) is 2.19. The number of rotatable bonds is 5. The van der Waals surface area contributed by atoms with Crippen molar-refractivity contribution in [3.63, 3.8) is 0 Å². The minimum atomic E-state index is -1.41. The predicted molar refractivity (Wildman–Crippen MR) is 127 cm³/mol. The minimum absolute atomic E-state index is 0.449. The van der Waals surface area contributed by atoms with Crippen LogP contribution < -0.4 is 4.90 Å². The van der Waals surface area contributed by atoms with Crippen molar-refractivity contribution in [2.45, 2.75) is 36.9 Å². The van der Waals surface area contributed by atoms with Crippen LogP contribution in [0.2, 0.25) is 0 Å². The molecule has 1 aromatic heterocycles. The van der Waals surface area contributed by atoms with Gasteiger partial charge in [-0.1, -0.05) is 30.3 Å². The minimum Gasteiger partial charge on any atom is -0.394 e. The number of fused-ring (bicyclic) bond motifs is 1. The molecule has 2 aliphatic heterocycles. The van der Waals surface area contributed by atoms with Gasteiger partial charge in [0.1, 0.15) is 30.5 Å². The Labute approximate surface area is 196 Å². The van der Waals surface area contributed by atoms with Crippen LogP contribution in [0.5, 0.6) is 0 Å². The maximum absolute atomic E-state index is 10.8. The van der Waals surface area contributed by atoms with Crippen LogP contribution in [-0.2, 0) is 15.9 Å². The van der Waals surface area contributed by atoms with Gasteiger partial charge in [0.05, 0.1) is 19.8 Å². The lowest BCUT2D eigenvalue weighted by molar-refractivity contribution is -0.231. The lowest BCUT2D eigenvalue weighted by atomic mass is 9.89. The molecule has 5 rings (SSSR count). The number of aliphatic hydroxyl groups excluding tert-OH is 4. The number of aliphatic hydroxyl groups is 4. The van der Waals surface area contributed by atoms with E-state index in [0.29, 0.717) is 26.3 Å². The van der Waals surface area contributed by atoms with E-state index in [1.807, 2.05) is 24.3 Å². The van der Waals surface area contributed by atoms with E-state index in [1.165, 1.54) is 15.0 Å². The van der Waals surface area contributed by atoms with E-state index in [4.69, 9.17) is 9.47 Å². The highest BCUT2D eigenvalue weighted by Crippen LogP contribution is 2.39. The van der Waals surface area contributed by atoms with E-state index >= 15 is 0 Å². The van der Waals surface area contributed by atoms with Crippen molar-refractivity contribution in [2.75, 3.05) is 37.8 Å². The van der Waals surface area contributed by atoms with Gasteiger partial charge in [-0.05, 0) is 29.1 Å². The zero-order valence-electron chi connectivity index (χ0n) is 18.2. The highest BCUT2D eigenvalue weighted by molar-refractivity contribution is 7.19. The predicted octanol–water partition coefficient (Wildman–Crippen LogP) is 1.84. The molecule has 0 radical (unpaired) electrons. The average Bonchev–Trinajstić information content (AvgIpc) is 3.26. The summed E-state index contributed by atoms with van der Waals surface area (Å²) in [6.07, 6.45) is -5.20. The summed E-state index contributed by atoms with van der Waals surface area (Å²) in [5.41, 5.74) is 2.71. The molecule has 3 aromatic rings. The second kappa shape index (κ2) is 9.68. The number of benzene rings is 2. The second-order valence-corrected chi connectivity index (χ2v) is 9.84. The summed E-state index contributed by atoms with van der Waals surface area (Å²) < 4.78 is 12.7. The number of anilines is 1. The van der Waals surface area contributed by atoms with Crippen LogP contribution >= 0.6 is 11.3 Å². The van der Waals surface area contributed by atoms with Crippen molar-refractivity contribution in [3.8, 4) is 0 Å². The largest absolute Gasteiger partial charge is 0.394 e. The van der Waals surface area contributed by atoms with Gasteiger partial charge in [0.2, 0.25) is 0 Å². The normalized spacial score (nSPS) is 28.4. The summed E-state index contributed by atoms with van der Waals surface area (Å²) in [5, 5.41) is 42.3. The van der Waals surface area contributed by atoms with E-state index in [0.717, 1.165) is 23.2 Å². The van der Waals surface area contributed by atoms with Gasteiger partial charge in [0, 0.05) is 40.3 Å². The van der Waals surface area contributed by atoms with E-state index in [1.54, 1.807) is 11.3 Å². The van der Waals surface area contributed by atoms with Gasteiger partial charge in [-0.3, -0.25) is 0 Å². The maximum atomic E-state index is 10.8. The van der Waals surface area contributed by atoms with Crippen molar-refractivity contribution in [1.29, 1.82) is 0 Å². The van der Waals surface area contributed by atoms with Crippen molar-refractivity contribution >= 4 is 27.1 Å². The fourth-order valence-electron chi connectivity index (χ4n) is 4.72. The number of morpholine rings is 1. The molecular weight excluding hydrogens is 442 g/mol. The molecule has 0 bridgehead atoms. The first kappa shape index (κ1) is 22.7. The fourth-order valence-corrected chi connectivity index (χ4v) is 5.82. The molecule has 2 aliphatic rings. The Bertz CT molecular complexity index is 1060. The topological polar surface area (TPSA) is 103 Å². The van der Waals surface area contributed by atoms with Crippen LogP contribution in [-0.4, -0.2) is 77.8 Å². The monoisotopic (exact) mass is 471 g/mol. The molecule has 0 spiro atoms. The molecule has 0 saturated carbocycles. The molecule has 0 aliphatic carbocycles. The lowest BCUT2D eigenvalue weighted by Crippen LogP contribution is -2.55. The Morgan fingerprint density at radius 3 is 2.48 bits per heavy atom. The van der Waals surface area contributed by atoms with Gasteiger partial charge >= 0.3 is 0 Å². The Balaban J connectivity index is 1.51. The molecule has 33 heavy (non-hydrogen) atoms. The van der Waals surface area contributed by atoms with E-state index in [9.17, 15) is 20.4 Å². The third-order valence-corrected chi connectivity index (χ3v) is 7.61. The smallest absolute Gasteiger partial charge is 0.114 e. The first-order valence-corrected chi connectivity index (χ1v) is 12.1.